The first kappa shape index (κ1) is 14.3. The first-order chi connectivity index (χ1) is 8.66. The van der Waals surface area contributed by atoms with Crippen molar-refractivity contribution in [3.8, 4) is 0 Å². The lowest BCUT2D eigenvalue weighted by atomic mass is 9.80. The maximum absolute atomic E-state index is 5.98. The lowest BCUT2D eigenvalue weighted by Crippen LogP contribution is -2.32. The molecule has 18 heavy (non-hydrogen) atoms. The summed E-state index contributed by atoms with van der Waals surface area (Å²) in [5.41, 5.74) is 0. The summed E-state index contributed by atoms with van der Waals surface area (Å²) in [6.45, 7) is 10.0. The van der Waals surface area contributed by atoms with Crippen LogP contribution in [0.5, 0.6) is 0 Å². The Balaban J connectivity index is 1.77. The van der Waals surface area contributed by atoms with Gasteiger partial charge >= 0.3 is 0 Å². The summed E-state index contributed by atoms with van der Waals surface area (Å²) in [7, 11) is 0. The van der Waals surface area contributed by atoms with Gasteiger partial charge in [-0.05, 0) is 55.8 Å². The average molecular weight is 254 g/mol. The quantitative estimate of drug-likeness (QED) is 0.757. The third kappa shape index (κ3) is 3.96. The van der Waals surface area contributed by atoms with E-state index >= 15 is 0 Å². The molecule has 2 aliphatic rings. The molecule has 0 spiro atoms. The van der Waals surface area contributed by atoms with E-state index in [9.17, 15) is 0 Å². The fourth-order valence-electron chi connectivity index (χ4n) is 3.50. The van der Waals surface area contributed by atoms with Gasteiger partial charge in [0.15, 0.2) is 0 Å². The molecule has 2 heterocycles. The van der Waals surface area contributed by atoms with Crippen LogP contribution < -0.4 is 0 Å². The largest absolute Gasteiger partial charge is 0.381 e. The summed E-state index contributed by atoms with van der Waals surface area (Å²) in [6, 6.07) is 0. The molecule has 4 unspecified atom stereocenters. The van der Waals surface area contributed by atoms with E-state index in [-0.39, 0.29) is 0 Å². The summed E-state index contributed by atoms with van der Waals surface area (Å²) >= 11 is 0. The molecular weight excluding hydrogens is 224 g/mol. The van der Waals surface area contributed by atoms with Crippen LogP contribution in [0.25, 0.3) is 0 Å². The summed E-state index contributed by atoms with van der Waals surface area (Å²) in [6.07, 6.45) is 6.86. The zero-order chi connectivity index (χ0) is 13.0. The van der Waals surface area contributed by atoms with Crippen molar-refractivity contribution in [2.75, 3.05) is 19.8 Å². The molecule has 0 saturated carbocycles. The van der Waals surface area contributed by atoms with Crippen molar-refractivity contribution in [2.45, 2.75) is 59.0 Å². The molecule has 4 atom stereocenters. The topological polar surface area (TPSA) is 18.5 Å². The monoisotopic (exact) mass is 254 g/mol. The summed E-state index contributed by atoms with van der Waals surface area (Å²) in [5, 5.41) is 0. The molecule has 0 aromatic rings. The lowest BCUT2D eigenvalue weighted by molar-refractivity contribution is -0.0427. The third-order valence-corrected chi connectivity index (χ3v) is 4.99. The molecule has 0 N–H and O–H groups in total. The van der Waals surface area contributed by atoms with Gasteiger partial charge in [-0.2, -0.15) is 0 Å². The van der Waals surface area contributed by atoms with Gasteiger partial charge in [0.2, 0.25) is 0 Å². The second-order valence-corrected chi connectivity index (χ2v) is 6.71. The molecule has 0 aromatic carbocycles. The first-order valence-corrected chi connectivity index (χ1v) is 7.86. The van der Waals surface area contributed by atoms with Crippen LogP contribution in [0.2, 0.25) is 0 Å². The van der Waals surface area contributed by atoms with Crippen LogP contribution in [0.3, 0.4) is 0 Å². The first-order valence-electron chi connectivity index (χ1n) is 7.86. The maximum atomic E-state index is 5.98. The Labute approximate surface area is 112 Å². The summed E-state index contributed by atoms with van der Waals surface area (Å²) < 4.78 is 11.6. The van der Waals surface area contributed by atoms with Gasteiger partial charge in [-0.1, -0.05) is 20.8 Å². The average Bonchev–Trinajstić information content (AvgIpc) is 2.40. The van der Waals surface area contributed by atoms with Gasteiger partial charge in [-0.3, -0.25) is 0 Å². The molecule has 2 saturated heterocycles. The van der Waals surface area contributed by atoms with E-state index in [4.69, 9.17) is 9.47 Å². The van der Waals surface area contributed by atoms with Gasteiger partial charge in [0.05, 0.1) is 6.10 Å². The van der Waals surface area contributed by atoms with Crippen LogP contribution in [-0.2, 0) is 9.47 Å². The number of hydrogen-bond acceptors (Lipinski definition) is 2. The van der Waals surface area contributed by atoms with E-state index in [0.29, 0.717) is 6.10 Å². The molecule has 2 heteroatoms. The van der Waals surface area contributed by atoms with Gasteiger partial charge in [0.25, 0.3) is 0 Å². The standard InChI is InChI=1S/C16H30O2/c1-12(2)14-6-8-18-16(10-14)9-13(3)15-5-4-7-17-11-15/h12-16H,4-11H2,1-3H3. The molecule has 2 rings (SSSR count). The van der Waals surface area contributed by atoms with Crippen LogP contribution >= 0.6 is 0 Å². The summed E-state index contributed by atoms with van der Waals surface area (Å²) in [5.74, 6) is 3.20. The van der Waals surface area contributed by atoms with Crippen molar-refractivity contribution in [2.24, 2.45) is 23.7 Å². The zero-order valence-electron chi connectivity index (χ0n) is 12.4. The van der Waals surface area contributed by atoms with E-state index in [0.717, 1.165) is 43.5 Å². The normalized spacial score (nSPS) is 35.7. The van der Waals surface area contributed by atoms with Crippen LogP contribution in [0.1, 0.15) is 52.9 Å². The molecule has 0 radical (unpaired) electrons. The van der Waals surface area contributed by atoms with Crippen LogP contribution in [0.4, 0.5) is 0 Å². The highest BCUT2D eigenvalue weighted by Crippen LogP contribution is 2.32. The lowest BCUT2D eigenvalue weighted by Gasteiger charge is -2.35. The van der Waals surface area contributed by atoms with E-state index in [2.05, 4.69) is 20.8 Å². The molecule has 2 nitrogen and oxygen atoms in total. The van der Waals surface area contributed by atoms with Crippen LogP contribution in [0.15, 0.2) is 0 Å². The third-order valence-electron chi connectivity index (χ3n) is 4.99. The molecule has 0 aromatic heterocycles. The number of rotatable bonds is 4. The zero-order valence-corrected chi connectivity index (χ0v) is 12.4. The van der Waals surface area contributed by atoms with Crippen molar-refractivity contribution >= 4 is 0 Å². The van der Waals surface area contributed by atoms with Gasteiger partial charge in [-0.15, -0.1) is 0 Å². The van der Waals surface area contributed by atoms with E-state index in [1.807, 2.05) is 0 Å². The van der Waals surface area contributed by atoms with Crippen molar-refractivity contribution < 1.29 is 9.47 Å². The minimum absolute atomic E-state index is 0.503. The van der Waals surface area contributed by atoms with Crippen LogP contribution in [-0.4, -0.2) is 25.9 Å². The fourth-order valence-corrected chi connectivity index (χ4v) is 3.50. The predicted molar refractivity (Wildman–Crippen MR) is 74.6 cm³/mol. The van der Waals surface area contributed by atoms with Crippen molar-refractivity contribution in [3.05, 3.63) is 0 Å². The Morgan fingerprint density at radius 2 is 1.89 bits per heavy atom. The highest BCUT2D eigenvalue weighted by Gasteiger charge is 2.29. The molecular formula is C16H30O2. The summed E-state index contributed by atoms with van der Waals surface area (Å²) in [4.78, 5) is 0. The van der Waals surface area contributed by atoms with Crippen molar-refractivity contribution in [3.63, 3.8) is 0 Å². The van der Waals surface area contributed by atoms with Gasteiger partial charge in [0, 0.05) is 19.8 Å². The Morgan fingerprint density at radius 3 is 2.56 bits per heavy atom. The molecule has 0 amide bonds. The van der Waals surface area contributed by atoms with Crippen LogP contribution in [0, 0.1) is 23.7 Å². The highest BCUT2D eigenvalue weighted by atomic mass is 16.5. The smallest absolute Gasteiger partial charge is 0.0580 e. The van der Waals surface area contributed by atoms with E-state index in [1.54, 1.807) is 0 Å². The molecule has 106 valence electrons. The highest BCUT2D eigenvalue weighted by molar-refractivity contribution is 4.78. The Morgan fingerprint density at radius 1 is 1.06 bits per heavy atom. The van der Waals surface area contributed by atoms with Gasteiger partial charge in [-0.25, -0.2) is 0 Å². The predicted octanol–water partition coefficient (Wildman–Crippen LogP) is 3.89. The minimum Gasteiger partial charge on any atom is -0.381 e. The molecule has 0 aliphatic carbocycles. The van der Waals surface area contributed by atoms with Crippen molar-refractivity contribution in [1.29, 1.82) is 0 Å². The Hall–Kier alpha value is -0.0800. The van der Waals surface area contributed by atoms with Gasteiger partial charge < -0.3 is 9.47 Å². The Bertz CT molecular complexity index is 233. The SMILES string of the molecule is CC(C)C1CCOC(CC(C)C2CCCOC2)C1. The van der Waals surface area contributed by atoms with Crippen molar-refractivity contribution in [1.82, 2.24) is 0 Å². The number of ether oxygens (including phenoxy) is 2. The second-order valence-electron chi connectivity index (χ2n) is 6.71. The maximum Gasteiger partial charge on any atom is 0.0580 e. The second kappa shape index (κ2) is 6.91. The van der Waals surface area contributed by atoms with E-state index in [1.165, 1.54) is 32.1 Å². The molecule has 2 aliphatic heterocycles. The molecule has 2 fully saturated rings. The van der Waals surface area contributed by atoms with Gasteiger partial charge in [0.1, 0.15) is 0 Å². The minimum atomic E-state index is 0.503. The number of hydrogen-bond donors (Lipinski definition) is 0. The molecule has 0 bridgehead atoms. The van der Waals surface area contributed by atoms with E-state index < -0.39 is 0 Å². The Kier molecular flexibility index (Phi) is 5.50. The fraction of sp³-hybridized carbons (Fsp3) is 1.00.